The Morgan fingerprint density at radius 3 is 2.67 bits per heavy atom. The number of hydrogen-bond donors (Lipinski definition) is 1. The molecular formula is C21H28N6O3. The van der Waals surface area contributed by atoms with Crippen molar-refractivity contribution in [1.82, 2.24) is 9.97 Å². The SMILES string of the molecule is Cc1cccc(N2CCN(c3ncnc(NCC4CCCO4)c3[N+](=O)[O-])CC2)c1C. The van der Waals surface area contributed by atoms with E-state index in [1.165, 1.54) is 23.1 Å². The van der Waals surface area contributed by atoms with Gasteiger partial charge in [-0.3, -0.25) is 10.1 Å². The van der Waals surface area contributed by atoms with Crippen LogP contribution in [-0.4, -0.2) is 60.3 Å². The Morgan fingerprint density at radius 1 is 1.20 bits per heavy atom. The first-order valence-corrected chi connectivity index (χ1v) is 10.5. The van der Waals surface area contributed by atoms with E-state index in [2.05, 4.69) is 52.2 Å². The summed E-state index contributed by atoms with van der Waals surface area (Å²) in [5.41, 5.74) is 3.71. The van der Waals surface area contributed by atoms with Gasteiger partial charge in [0.25, 0.3) is 0 Å². The molecule has 9 nitrogen and oxygen atoms in total. The predicted molar refractivity (Wildman–Crippen MR) is 116 cm³/mol. The Balaban J connectivity index is 1.49. The fraction of sp³-hybridized carbons (Fsp3) is 0.524. The van der Waals surface area contributed by atoms with Gasteiger partial charge in [-0.25, -0.2) is 9.97 Å². The molecule has 160 valence electrons. The summed E-state index contributed by atoms with van der Waals surface area (Å²) < 4.78 is 5.60. The average molecular weight is 412 g/mol. The number of nitrogens with zero attached hydrogens (tertiary/aromatic N) is 5. The lowest BCUT2D eigenvalue weighted by molar-refractivity contribution is -0.383. The van der Waals surface area contributed by atoms with Crippen molar-refractivity contribution in [3.63, 3.8) is 0 Å². The third kappa shape index (κ3) is 4.16. The number of piperazine rings is 1. The minimum atomic E-state index is -0.385. The number of aromatic nitrogens is 2. The van der Waals surface area contributed by atoms with Crippen LogP contribution in [0, 0.1) is 24.0 Å². The van der Waals surface area contributed by atoms with E-state index in [0.29, 0.717) is 25.5 Å². The van der Waals surface area contributed by atoms with Crippen LogP contribution in [0.15, 0.2) is 24.5 Å². The highest BCUT2D eigenvalue weighted by Crippen LogP contribution is 2.33. The van der Waals surface area contributed by atoms with Crippen molar-refractivity contribution in [3.8, 4) is 0 Å². The van der Waals surface area contributed by atoms with Crippen molar-refractivity contribution in [2.24, 2.45) is 0 Å². The number of nitrogens with one attached hydrogen (secondary N) is 1. The highest BCUT2D eigenvalue weighted by atomic mass is 16.6. The van der Waals surface area contributed by atoms with Gasteiger partial charge in [-0.05, 0) is 43.9 Å². The van der Waals surface area contributed by atoms with Gasteiger partial charge in [0.2, 0.25) is 11.6 Å². The second-order valence-corrected chi connectivity index (χ2v) is 7.86. The standard InChI is InChI=1S/C21H28N6O3/c1-15-5-3-7-18(16(15)2)25-8-10-26(11-9-25)21-19(27(28)29)20(23-14-24-21)22-13-17-6-4-12-30-17/h3,5,7,14,17H,4,6,8-13H2,1-2H3,(H,22,23,24). The molecule has 1 atom stereocenters. The normalized spacial score (nSPS) is 19.2. The molecule has 1 aromatic carbocycles. The maximum Gasteiger partial charge on any atom is 0.353 e. The minimum Gasteiger partial charge on any atom is -0.376 e. The molecule has 0 amide bonds. The lowest BCUT2D eigenvalue weighted by Crippen LogP contribution is -2.47. The Labute approximate surface area is 176 Å². The number of hydrogen-bond acceptors (Lipinski definition) is 8. The molecule has 2 saturated heterocycles. The molecule has 2 aliphatic heterocycles. The van der Waals surface area contributed by atoms with Gasteiger partial charge in [0.15, 0.2) is 0 Å². The highest BCUT2D eigenvalue weighted by Gasteiger charge is 2.30. The van der Waals surface area contributed by atoms with Crippen LogP contribution in [0.5, 0.6) is 0 Å². The van der Waals surface area contributed by atoms with Crippen LogP contribution in [0.3, 0.4) is 0 Å². The van der Waals surface area contributed by atoms with E-state index in [4.69, 9.17) is 4.74 Å². The minimum absolute atomic E-state index is 0.0596. The molecule has 1 N–H and O–H groups in total. The molecule has 0 saturated carbocycles. The molecule has 30 heavy (non-hydrogen) atoms. The first kappa shape index (κ1) is 20.3. The fourth-order valence-corrected chi connectivity index (χ4v) is 4.15. The molecule has 0 radical (unpaired) electrons. The van der Waals surface area contributed by atoms with Gasteiger partial charge in [0, 0.05) is 45.0 Å². The summed E-state index contributed by atoms with van der Waals surface area (Å²) in [4.78, 5) is 24.2. The van der Waals surface area contributed by atoms with Crippen LogP contribution in [-0.2, 0) is 4.74 Å². The van der Waals surface area contributed by atoms with E-state index in [1.54, 1.807) is 0 Å². The summed E-state index contributed by atoms with van der Waals surface area (Å²) in [6.45, 7) is 8.40. The summed E-state index contributed by atoms with van der Waals surface area (Å²) in [7, 11) is 0. The average Bonchev–Trinajstić information content (AvgIpc) is 3.28. The van der Waals surface area contributed by atoms with E-state index in [0.717, 1.165) is 32.5 Å². The van der Waals surface area contributed by atoms with Crippen LogP contribution in [0.1, 0.15) is 24.0 Å². The summed E-state index contributed by atoms with van der Waals surface area (Å²) in [6.07, 6.45) is 3.45. The maximum absolute atomic E-state index is 11.9. The molecular weight excluding hydrogens is 384 g/mol. The Hall–Kier alpha value is -2.94. The lowest BCUT2D eigenvalue weighted by atomic mass is 10.1. The van der Waals surface area contributed by atoms with Crippen LogP contribution in [0.4, 0.5) is 23.0 Å². The summed E-state index contributed by atoms with van der Waals surface area (Å²) >= 11 is 0. The molecule has 1 aromatic heterocycles. The highest BCUT2D eigenvalue weighted by molar-refractivity contribution is 5.71. The lowest BCUT2D eigenvalue weighted by Gasteiger charge is -2.37. The van der Waals surface area contributed by atoms with Crippen molar-refractivity contribution >= 4 is 23.0 Å². The zero-order valence-electron chi connectivity index (χ0n) is 17.5. The largest absolute Gasteiger partial charge is 0.376 e. The molecule has 4 rings (SSSR count). The number of aryl methyl sites for hydroxylation is 1. The molecule has 3 heterocycles. The zero-order valence-corrected chi connectivity index (χ0v) is 17.5. The number of ether oxygens (including phenoxy) is 1. The number of anilines is 3. The summed E-state index contributed by atoms with van der Waals surface area (Å²) in [5, 5.41) is 15.0. The first-order chi connectivity index (χ1) is 14.5. The third-order valence-electron chi connectivity index (χ3n) is 6.00. The predicted octanol–water partition coefficient (Wildman–Crippen LogP) is 2.92. The van der Waals surface area contributed by atoms with Gasteiger partial charge in [0.05, 0.1) is 11.0 Å². The van der Waals surface area contributed by atoms with Gasteiger partial charge in [-0.15, -0.1) is 0 Å². The van der Waals surface area contributed by atoms with E-state index in [-0.39, 0.29) is 22.5 Å². The smallest absolute Gasteiger partial charge is 0.353 e. The third-order valence-corrected chi connectivity index (χ3v) is 6.00. The maximum atomic E-state index is 11.9. The Bertz CT molecular complexity index is 908. The topological polar surface area (TPSA) is 96.7 Å². The van der Waals surface area contributed by atoms with Crippen LogP contribution in [0.2, 0.25) is 0 Å². The van der Waals surface area contributed by atoms with Crippen molar-refractivity contribution in [3.05, 3.63) is 45.8 Å². The molecule has 2 fully saturated rings. The van der Waals surface area contributed by atoms with E-state index in [9.17, 15) is 10.1 Å². The molecule has 1 unspecified atom stereocenters. The Morgan fingerprint density at radius 2 is 1.97 bits per heavy atom. The quantitative estimate of drug-likeness (QED) is 0.571. The van der Waals surface area contributed by atoms with Crippen LogP contribution >= 0.6 is 0 Å². The molecule has 0 spiro atoms. The van der Waals surface area contributed by atoms with Crippen molar-refractivity contribution < 1.29 is 9.66 Å². The van der Waals surface area contributed by atoms with Gasteiger partial charge in [-0.2, -0.15) is 0 Å². The monoisotopic (exact) mass is 412 g/mol. The number of rotatable bonds is 6. The fourth-order valence-electron chi connectivity index (χ4n) is 4.15. The molecule has 2 aliphatic rings. The summed E-state index contributed by atoms with van der Waals surface area (Å²) in [5.74, 6) is 0.642. The van der Waals surface area contributed by atoms with E-state index < -0.39 is 0 Å². The zero-order chi connectivity index (χ0) is 21.1. The Kier molecular flexibility index (Phi) is 5.98. The van der Waals surface area contributed by atoms with Crippen molar-refractivity contribution in [2.45, 2.75) is 32.8 Å². The molecule has 9 heteroatoms. The number of nitro groups is 1. The van der Waals surface area contributed by atoms with Crippen LogP contribution in [0.25, 0.3) is 0 Å². The van der Waals surface area contributed by atoms with Gasteiger partial charge < -0.3 is 19.9 Å². The second-order valence-electron chi connectivity index (χ2n) is 7.86. The molecule has 0 aliphatic carbocycles. The second kappa shape index (κ2) is 8.83. The van der Waals surface area contributed by atoms with E-state index in [1.807, 2.05) is 4.90 Å². The number of benzene rings is 1. The van der Waals surface area contributed by atoms with Crippen molar-refractivity contribution in [2.75, 3.05) is 54.4 Å². The van der Waals surface area contributed by atoms with Gasteiger partial charge in [-0.1, -0.05) is 12.1 Å². The summed E-state index contributed by atoms with van der Waals surface area (Å²) in [6, 6.07) is 6.33. The van der Waals surface area contributed by atoms with Gasteiger partial charge >= 0.3 is 5.69 Å². The molecule has 0 bridgehead atoms. The molecule has 2 aromatic rings. The van der Waals surface area contributed by atoms with Crippen molar-refractivity contribution in [1.29, 1.82) is 0 Å². The van der Waals surface area contributed by atoms with E-state index >= 15 is 0 Å². The van der Waals surface area contributed by atoms with Crippen LogP contribution < -0.4 is 15.1 Å². The van der Waals surface area contributed by atoms with Gasteiger partial charge in [0.1, 0.15) is 6.33 Å². The first-order valence-electron chi connectivity index (χ1n) is 10.5.